The highest BCUT2D eigenvalue weighted by atomic mass is 16.3. The molecule has 0 bridgehead atoms. The molecule has 0 amide bonds. The number of oxazole rings is 1. The lowest BCUT2D eigenvalue weighted by Gasteiger charge is -1.95. The van der Waals surface area contributed by atoms with Crippen molar-refractivity contribution in [2.45, 2.75) is 13.5 Å². The summed E-state index contributed by atoms with van der Waals surface area (Å²) in [5, 5.41) is 8.82. The summed E-state index contributed by atoms with van der Waals surface area (Å²) < 4.78 is 5.21. The number of hydrogen-bond acceptors (Lipinski definition) is 3. The van der Waals surface area contributed by atoms with Crippen LogP contribution >= 0.6 is 0 Å². The Morgan fingerprint density at radius 3 is 2.57 bits per heavy atom. The van der Waals surface area contributed by atoms with E-state index in [0.717, 1.165) is 5.56 Å². The summed E-state index contributed by atoms with van der Waals surface area (Å²) in [6, 6.07) is 7.89. The lowest BCUT2D eigenvalue weighted by Crippen LogP contribution is -1.82. The second kappa shape index (κ2) is 3.64. The van der Waals surface area contributed by atoms with E-state index in [1.807, 2.05) is 31.2 Å². The topological polar surface area (TPSA) is 46.3 Å². The van der Waals surface area contributed by atoms with Gasteiger partial charge in [0.2, 0.25) is 5.89 Å². The molecule has 3 heteroatoms. The zero-order chi connectivity index (χ0) is 9.97. The van der Waals surface area contributed by atoms with Crippen LogP contribution in [0.4, 0.5) is 0 Å². The molecule has 0 aliphatic rings. The number of aliphatic hydroxyl groups excluding tert-OH is 1. The van der Waals surface area contributed by atoms with Crippen LogP contribution in [0.25, 0.3) is 11.5 Å². The van der Waals surface area contributed by atoms with Crippen LogP contribution in [0.1, 0.15) is 11.3 Å². The Balaban J connectivity index is 2.34. The molecule has 0 atom stereocenters. The number of rotatable bonds is 2. The molecule has 1 aromatic carbocycles. The summed E-state index contributed by atoms with van der Waals surface area (Å²) in [6.07, 6.45) is 1.47. The Bertz CT molecular complexity index is 417. The van der Waals surface area contributed by atoms with E-state index in [-0.39, 0.29) is 6.61 Å². The van der Waals surface area contributed by atoms with Crippen molar-refractivity contribution >= 4 is 0 Å². The third-order valence-electron chi connectivity index (χ3n) is 2.01. The van der Waals surface area contributed by atoms with Gasteiger partial charge in [-0.25, -0.2) is 4.98 Å². The van der Waals surface area contributed by atoms with Crippen molar-refractivity contribution in [3.05, 3.63) is 41.8 Å². The lowest BCUT2D eigenvalue weighted by molar-refractivity contribution is 0.276. The van der Waals surface area contributed by atoms with E-state index in [1.165, 1.54) is 11.8 Å². The van der Waals surface area contributed by atoms with Crippen molar-refractivity contribution in [1.29, 1.82) is 0 Å². The fraction of sp³-hybridized carbons (Fsp3) is 0.182. The van der Waals surface area contributed by atoms with Gasteiger partial charge in [0.1, 0.15) is 12.0 Å². The summed E-state index contributed by atoms with van der Waals surface area (Å²) in [4.78, 5) is 4.11. The predicted molar refractivity (Wildman–Crippen MR) is 52.6 cm³/mol. The summed E-state index contributed by atoms with van der Waals surface area (Å²) >= 11 is 0. The quantitative estimate of drug-likeness (QED) is 0.787. The van der Waals surface area contributed by atoms with E-state index >= 15 is 0 Å². The normalized spacial score (nSPS) is 10.4. The van der Waals surface area contributed by atoms with Gasteiger partial charge in [-0.2, -0.15) is 0 Å². The molecule has 0 radical (unpaired) electrons. The molecule has 0 aliphatic carbocycles. The maximum Gasteiger partial charge on any atom is 0.226 e. The van der Waals surface area contributed by atoms with Crippen LogP contribution in [-0.2, 0) is 6.61 Å². The van der Waals surface area contributed by atoms with Gasteiger partial charge in [0.15, 0.2) is 0 Å². The minimum absolute atomic E-state index is 0.0879. The van der Waals surface area contributed by atoms with Crippen molar-refractivity contribution in [2.75, 3.05) is 0 Å². The molecule has 1 aromatic heterocycles. The first-order chi connectivity index (χ1) is 6.79. The summed E-state index contributed by atoms with van der Waals surface area (Å²) in [5.41, 5.74) is 2.68. The van der Waals surface area contributed by atoms with Crippen molar-refractivity contribution in [3.8, 4) is 11.5 Å². The molecular formula is C11H11NO2. The van der Waals surface area contributed by atoms with Gasteiger partial charge in [0.25, 0.3) is 0 Å². The Kier molecular flexibility index (Phi) is 2.33. The third-order valence-corrected chi connectivity index (χ3v) is 2.01. The Hall–Kier alpha value is -1.61. The average molecular weight is 189 g/mol. The number of aliphatic hydroxyl groups is 1. The molecule has 72 valence electrons. The zero-order valence-electron chi connectivity index (χ0n) is 7.90. The maximum atomic E-state index is 8.82. The Morgan fingerprint density at radius 2 is 2.00 bits per heavy atom. The van der Waals surface area contributed by atoms with E-state index in [4.69, 9.17) is 9.52 Å². The van der Waals surface area contributed by atoms with Crippen molar-refractivity contribution in [3.63, 3.8) is 0 Å². The number of aromatic nitrogens is 1. The SMILES string of the molecule is Cc1ccc(-c2nc(CO)co2)cc1. The summed E-state index contributed by atoms with van der Waals surface area (Å²) in [7, 11) is 0. The van der Waals surface area contributed by atoms with Crippen LogP contribution in [0.5, 0.6) is 0 Å². The standard InChI is InChI=1S/C11H11NO2/c1-8-2-4-9(5-3-8)11-12-10(6-13)7-14-11/h2-5,7,13H,6H2,1H3. The second-order valence-electron chi connectivity index (χ2n) is 3.17. The van der Waals surface area contributed by atoms with Crippen LogP contribution in [0, 0.1) is 6.92 Å². The molecule has 1 N–H and O–H groups in total. The first-order valence-corrected chi connectivity index (χ1v) is 4.42. The number of aryl methyl sites for hydroxylation is 1. The average Bonchev–Trinajstić information content (AvgIpc) is 2.67. The monoisotopic (exact) mass is 189 g/mol. The fourth-order valence-corrected chi connectivity index (χ4v) is 1.21. The fourth-order valence-electron chi connectivity index (χ4n) is 1.21. The van der Waals surface area contributed by atoms with Gasteiger partial charge < -0.3 is 9.52 Å². The van der Waals surface area contributed by atoms with Gasteiger partial charge >= 0.3 is 0 Å². The second-order valence-corrected chi connectivity index (χ2v) is 3.17. The van der Waals surface area contributed by atoms with Crippen LogP contribution in [0.3, 0.4) is 0 Å². The first-order valence-electron chi connectivity index (χ1n) is 4.42. The molecule has 0 saturated carbocycles. The molecule has 0 fully saturated rings. The van der Waals surface area contributed by atoms with E-state index in [1.54, 1.807) is 0 Å². The largest absolute Gasteiger partial charge is 0.444 e. The van der Waals surface area contributed by atoms with Crippen molar-refractivity contribution < 1.29 is 9.52 Å². The van der Waals surface area contributed by atoms with E-state index < -0.39 is 0 Å². The molecular weight excluding hydrogens is 178 g/mol. The van der Waals surface area contributed by atoms with Gasteiger partial charge in [-0.1, -0.05) is 17.7 Å². The maximum absolute atomic E-state index is 8.82. The Morgan fingerprint density at radius 1 is 1.29 bits per heavy atom. The Labute approximate surface area is 82.0 Å². The third kappa shape index (κ3) is 1.67. The molecule has 1 heterocycles. The highest BCUT2D eigenvalue weighted by Crippen LogP contribution is 2.18. The molecule has 2 rings (SSSR count). The zero-order valence-corrected chi connectivity index (χ0v) is 7.90. The van der Waals surface area contributed by atoms with Crippen LogP contribution in [0.15, 0.2) is 34.9 Å². The van der Waals surface area contributed by atoms with E-state index in [2.05, 4.69) is 4.98 Å². The van der Waals surface area contributed by atoms with Gasteiger partial charge in [-0.3, -0.25) is 0 Å². The number of nitrogens with zero attached hydrogens (tertiary/aromatic N) is 1. The van der Waals surface area contributed by atoms with E-state index in [0.29, 0.717) is 11.6 Å². The molecule has 0 unspecified atom stereocenters. The molecule has 0 saturated heterocycles. The summed E-state index contributed by atoms with van der Waals surface area (Å²) in [6.45, 7) is 1.94. The first kappa shape index (κ1) is 8.97. The molecule has 0 aliphatic heterocycles. The number of benzene rings is 1. The van der Waals surface area contributed by atoms with Gasteiger partial charge in [-0.15, -0.1) is 0 Å². The van der Waals surface area contributed by atoms with Gasteiger partial charge in [-0.05, 0) is 19.1 Å². The lowest BCUT2D eigenvalue weighted by atomic mass is 10.1. The van der Waals surface area contributed by atoms with Crippen molar-refractivity contribution in [1.82, 2.24) is 4.98 Å². The summed E-state index contributed by atoms with van der Waals surface area (Å²) in [5.74, 6) is 0.550. The highest BCUT2D eigenvalue weighted by molar-refractivity contribution is 5.53. The van der Waals surface area contributed by atoms with Gasteiger partial charge in [0, 0.05) is 5.56 Å². The van der Waals surface area contributed by atoms with Crippen LogP contribution in [-0.4, -0.2) is 10.1 Å². The van der Waals surface area contributed by atoms with Crippen LogP contribution in [0.2, 0.25) is 0 Å². The van der Waals surface area contributed by atoms with Crippen molar-refractivity contribution in [2.24, 2.45) is 0 Å². The van der Waals surface area contributed by atoms with Crippen LogP contribution < -0.4 is 0 Å². The molecule has 14 heavy (non-hydrogen) atoms. The number of hydrogen-bond donors (Lipinski definition) is 1. The molecule has 2 aromatic rings. The minimum atomic E-state index is -0.0879. The molecule has 0 spiro atoms. The minimum Gasteiger partial charge on any atom is -0.444 e. The molecule has 3 nitrogen and oxygen atoms in total. The van der Waals surface area contributed by atoms with E-state index in [9.17, 15) is 0 Å². The predicted octanol–water partition coefficient (Wildman–Crippen LogP) is 2.14. The highest BCUT2D eigenvalue weighted by Gasteiger charge is 2.04. The van der Waals surface area contributed by atoms with Gasteiger partial charge in [0.05, 0.1) is 6.61 Å². The smallest absolute Gasteiger partial charge is 0.226 e.